The number of nitrogens with one attached hydrogen (secondary N) is 1. The first-order valence-electron chi connectivity index (χ1n) is 6.52. The molecule has 0 aliphatic rings. The number of anilines is 1. The Hall–Kier alpha value is -2.34. The van der Waals surface area contributed by atoms with E-state index in [1.54, 1.807) is 12.3 Å². The van der Waals surface area contributed by atoms with Gasteiger partial charge >= 0.3 is 0 Å². The van der Waals surface area contributed by atoms with Crippen LogP contribution in [0, 0.1) is 5.82 Å². The van der Waals surface area contributed by atoms with Crippen LogP contribution in [0.15, 0.2) is 41.0 Å². The molecule has 21 heavy (non-hydrogen) atoms. The van der Waals surface area contributed by atoms with E-state index in [0.29, 0.717) is 6.54 Å². The minimum Gasteiger partial charge on any atom is -0.468 e. The molecule has 112 valence electrons. The van der Waals surface area contributed by atoms with E-state index in [1.807, 2.05) is 25.1 Å². The number of amides is 1. The summed E-state index contributed by atoms with van der Waals surface area (Å²) in [5, 5.41) is 2.75. The molecule has 5 nitrogen and oxygen atoms in total. The molecule has 1 aromatic carbocycles. The van der Waals surface area contributed by atoms with Crippen molar-refractivity contribution < 1.29 is 13.6 Å². The molecule has 0 saturated heterocycles. The molecule has 0 fully saturated rings. The van der Waals surface area contributed by atoms with Crippen molar-refractivity contribution in [2.75, 3.05) is 26.4 Å². The number of nitrogens with two attached hydrogens (primary N) is 1. The van der Waals surface area contributed by atoms with E-state index in [9.17, 15) is 9.18 Å². The van der Waals surface area contributed by atoms with Gasteiger partial charge in [-0.2, -0.15) is 0 Å². The van der Waals surface area contributed by atoms with E-state index in [1.165, 1.54) is 12.1 Å². The maximum Gasteiger partial charge on any atom is 0.253 e. The van der Waals surface area contributed by atoms with Gasteiger partial charge in [-0.05, 0) is 44.4 Å². The Morgan fingerprint density at radius 1 is 1.43 bits per heavy atom. The van der Waals surface area contributed by atoms with Crippen molar-refractivity contribution >= 4 is 11.6 Å². The fraction of sp³-hybridized carbons (Fsp3) is 0.267. The van der Waals surface area contributed by atoms with Crippen LogP contribution in [-0.4, -0.2) is 31.4 Å². The number of nitrogens with zero attached hydrogens (tertiary/aromatic N) is 1. The van der Waals surface area contributed by atoms with Gasteiger partial charge in [0, 0.05) is 12.2 Å². The first-order chi connectivity index (χ1) is 9.99. The molecule has 1 aromatic heterocycles. The second-order valence-electron chi connectivity index (χ2n) is 4.94. The first kappa shape index (κ1) is 15.1. The molecule has 1 amide bonds. The van der Waals surface area contributed by atoms with Gasteiger partial charge in [0.2, 0.25) is 0 Å². The summed E-state index contributed by atoms with van der Waals surface area (Å²) in [5.41, 5.74) is 6.07. The van der Waals surface area contributed by atoms with Crippen LogP contribution in [0.5, 0.6) is 0 Å². The fourth-order valence-electron chi connectivity index (χ4n) is 2.03. The van der Waals surface area contributed by atoms with E-state index >= 15 is 0 Å². The highest BCUT2D eigenvalue weighted by Gasteiger charge is 2.19. The van der Waals surface area contributed by atoms with Gasteiger partial charge in [-0.3, -0.25) is 9.69 Å². The molecular formula is C15H18FN3O2. The average molecular weight is 291 g/mol. The quantitative estimate of drug-likeness (QED) is 0.827. The van der Waals surface area contributed by atoms with Crippen molar-refractivity contribution in [1.82, 2.24) is 10.2 Å². The molecule has 0 radical (unpaired) electrons. The summed E-state index contributed by atoms with van der Waals surface area (Å²) < 4.78 is 18.6. The molecule has 0 aliphatic carbocycles. The number of hydrogen-bond acceptors (Lipinski definition) is 4. The largest absolute Gasteiger partial charge is 0.468 e. The highest BCUT2D eigenvalue weighted by molar-refractivity contribution is 5.99. The van der Waals surface area contributed by atoms with Gasteiger partial charge in [-0.25, -0.2) is 4.39 Å². The SMILES string of the molecule is CN(C)C(CNC(=O)c1cc(F)ccc1N)c1ccco1. The van der Waals surface area contributed by atoms with Gasteiger partial charge in [0.05, 0.1) is 17.9 Å². The number of carbonyl (C=O) groups is 1. The van der Waals surface area contributed by atoms with Crippen LogP contribution in [0.2, 0.25) is 0 Å². The average Bonchev–Trinajstić information content (AvgIpc) is 2.95. The molecule has 6 heteroatoms. The molecule has 2 rings (SSSR count). The molecular weight excluding hydrogens is 273 g/mol. The number of likely N-dealkylation sites (N-methyl/N-ethyl adjacent to an activating group) is 1. The predicted octanol–water partition coefficient (Wildman–Crippen LogP) is 2.03. The van der Waals surface area contributed by atoms with Gasteiger partial charge in [-0.15, -0.1) is 0 Å². The molecule has 1 unspecified atom stereocenters. The first-order valence-corrected chi connectivity index (χ1v) is 6.52. The minimum absolute atomic E-state index is 0.112. The predicted molar refractivity (Wildman–Crippen MR) is 78.3 cm³/mol. The number of furan rings is 1. The summed E-state index contributed by atoms with van der Waals surface area (Å²) in [6.45, 7) is 0.329. The highest BCUT2D eigenvalue weighted by atomic mass is 19.1. The lowest BCUT2D eigenvalue weighted by atomic mass is 10.1. The smallest absolute Gasteiger partial charge is 0.253 e. The number of nitrogen functional groups attached to an aromatic ring is 1. The van der Waals surface area contributed by atoms with E-state index < -0.39 is 11.7 Å². The van der Waals surface area contributed by atoms with Crippen molar-refractivity contribution in [3.8, 4) is 0 Å². The van der Waals surface area contributed by atoms with Crippen LogP contribution < -0.4 is 11.1 Å². The lowest BCUT2D eigenvalue weighted by Crippen LogP contribution is -2.34. The van der Waals surface area contributed by atoms with Gasteiger partial charge in [0.15, 0.2) is 0 Å². The van der Waals surface area contributed by atoms with Crippen LogP contribution in [0.25, 0.3) is 0 Å². The molecule has 0 saturated carbocycles. The van der Waals surface area contributed by atoms with Crippen LogP contribution in [-0.2, 0) is 0 Å². The molecule has 0 aliphatic heterocycles. The normalized spacial score (nSPS) is 12.4. The van der Waals surface area contributed by atoms with Crippen molar-refractivity contribution in [3.05, 3.63) is 53.7 Å². The lowest BCUT2D eigenvalue weighted by Gasteiger charge is -2.22. The molecule has 1 heterocycles. The van der Waals surface area contributed by atoms with Crippen molar-refractivity contribution in [1.29, 1.82) is 0 Å². The number of hydrogen-bond donors (Lipinski definition) is 2. The third kappa shape index (κ3) is 3.61. The molecule has 3 N–H and O–H groups in total. The Balaban J connectivity index is 2.07. The van der Waals surface area contributed by atoms with Crippen LogP contribution >= 0.6 is 0 Å². The number of benzene rings is 1. The van der Waals surface area contributed by atoms with E-state index in [4.69, 9.17) is 10.2 Å². The maximum atomic E-state index is 13.2. The number of rotatable bonds is 5. The van der Waals surface area contributed by atoms with Gasteiger partial charge in [0.25, 0.3) is 5.91 Å². The van der Waals surface area contributed by atoms with E-state index in [0.717, 1.165) is 11.8 Å². The zero-order valence-electron chi connectivity index (χ0n) is 12.0. The summed E-state index contributed by atoms with van der Waals surface area (Å²) in [6, 6.07) is 7.24. The Morgan fingerprint density at radius 3 is 2.81 bits per heavy atom. The fourth-order valence-corrected chi connectivity index (χ4v) is 2.03. The number of carbonyl (C=O) groups excluding carboxylic acids is 1. The molecule has 0 spiro atoms. The molecule has 0 bridgehead atoms. The third-order valence-electron chi connectivity index (χ3n) is 3.21. The lowest BCUT2D eigenvalue weighted by molar-refractivity contribution is 0.0939. The van der Waals surface area contributed by atoms with E-state index in [-0.39, 0.29) is 17.3 Å². The highest BCUT2D eigenvalue weighted by Crippen LogP contribution is 2.18. The molecule has 2 aromatic rings. The Labute approximate surface area is 122 Å². The van der Waals surface area contributed by atoms with Crippen molar-refractivity contribution in [3.63, 3.8) is 0 Å². The number of halogens is 1. The molecule has 1 atom stereocenters. The second kappa shape index (κ2) is 6.41. The summed E-state index contributed by atoms with van der Waals surface area (Å²) in [4.78, 5) is 14.0. The van der Waals surface area contributed by atoms with Crippen molar-refractivity contribution in [2.45, 2.75) is 6.04 Å². The zero-order chi connectivity index (χ0) is 15.4. The standard InChI is InChI=1S/C15H18FN3O2/c1-19(2)13(14-4-3-7-21-14)9-18-15(20)11-8-10(16)5-6-12(11)17/h3-8,13H,9,17H2,1-2H3,(H,18,20). The van der Waals surface area contributed by atoms with Gasteiger partial charge < -0.3 is 15.5 Å². The zero-order valence-corrected chi connectivity index (χ0v) is 12.0. The summed E-state index contributed by atoms with van der Waals surface area (Å²) in [6.07, 6.45) is 1.58. The third-order valence-corrected chi connectivity index (χ3v) is 3.21. The van der Waals surface area contributed by atoms with Crippen molar-refractivity contribution in [2.24, 2.45) is 0 Å². The summed E-state index contributed by atoms with van der Waals surface area (Å²) in [5.74, 6) is -0.164. The summed E-state index contributed by atoms with van der Waals surface area (Å²) in [7, 11) is 3.77. The van der Waals surface area contributed by atoms with Gasteiger partial charge in [0.1, 0.15) is 11.6 Å². The second-order valence-corrected chi connectivity index (χ2v) is 4.94. The Morgan fingerprint density at radius 2 is 2.19 bits per heavy atom. The summed E-state index contributed by atoms with van der Waals surface area (Å²) >= 11 is 0. The van der Waals surface area contributed by atoms with Crippen LogP contribution in [0.4, 0.5) is 10.1 Å². The van der Waals surface area contributed by atoms with Gasteiger partial charge in [-0.1, -0.05) is 0 Å². The van der Waals surface area contributed by atoms with E-state index in [2.05, 4.69) is 5.32 Å². The maximum absolute atomic E-state index is 13.2. The Kier molecular flexibility index (Phi) is 4.59. The Bertz CT molecular complexity index is 611. The minimum atomic E-state index is -0.496. The van der Waals surface area contributed by atoms with Crippen LogP contribution in [0.1, 0.15) is 22.2 Å². The van der Waals surface area contributed by atoms with Crippen LogP contribution in [0.3, 0.4) is 0 Å². The topological polar surface area (TPSA) is 71.5 Å². The monoisotopic (exact) mass is 291 g/mol.